The fourth-order valence-electron chi connectivity index (χ4n) is 3.92. The van der Waals surface area contributed by atoms with Gasteiger partial charge >= 0.3 is 0 Å². The van der Waals surface area contributed by atoms with E-state index in [4.69, 9.17) is 5.73 Å². The summed E-state index contributed by atoms with van der Waals surface area (Å²) in [5, 5.41) is 11.9. The summed E-state index contributed by atoms with van der Waals surface area (Å²) < 4.78 is 1.86. The number of hydrogen-bond acceptors (Lipinski definition) is 5. The summed E-state index contributed by atoms with van der Waals surface area (Å²) in [6.07, 6.45) is 5.82. The second-order valence-electron chi connectivity index (χ2n) is 7.32. The van der Waals surface area contributed by atoms with Crippen LogP contribution in [0.4, 0.5) is 0 Å². The molecule has 138 valence electrons. The Labute approximate surface area is 153 Å². The third kappa shape index (κ3) is 3.64. The maximum Gasteiger partial charge on any atom is 0.276 e. The van der Waals surface area contributed by atoms with Crippen LogP contribution in [0.1, 0.15) is 53.8 Å². The lowest BCUT2D eigenvalue weighted by atomic mass is 9.92. The van der Waals surface area contributed by atoms with Gasteiger partial charge in [-0.1, -0.05) is 35.5 Å². The van der Waals surface area contributed by atoms with Gasteiger partial charge < -0.3 is 16.0 Å². The Hall–Kier alpha value is -2.25. The maximum atomic E-state index is 12.9. The number of nitrogens with zero attached hydrogens (tertiary/aromatic N) is 4. The molecule has 1 aromatic carbocycles. The molecule has 1 saturated heterocycles. The molecule has 1 aromatic heterocycles. The number of hydrogen-bond donors (Lipinski definition) is 2. The number of benzene rings is 1. The Morgan fingerprint density at radius 2 is 1.92 bits per heavy atom. The van der Waals surface area contributed by atoms with Crippen LogP contribution in [-0.2, 0) is 0 Å². The van der Waals surface area contributed by atoms with E-state index >= 15 is 0 Å². The molecule has 4 rings (SSSR count). The molecule has 2 fully saturated rings. The van der Waals surface area contributed by atoms with E-state index in [9.17, 15) is 4.79 Å². The van der Waals surface area contributed by atoms with Crippen molar-refractivity contribution in [2.45, 2.75) is 43.8 Å². The highest BCUT2D eigenvalue weighted by atomic mass is 16.2. The first-order valence-electron chi connectivity index (χ1n) is 9.46. The first-order valence-corrected chi connectivity index (χ1v) is 9.46. The van der Waals surface area contributed by atoms with E-state index in [1.807, 2.05) is 34.0 Å². The molecule has 26 heavy (non-hydrogen) atoms. The quantitative estimate of drug-likeness (QED) is 0.872. The van der Waals surface area contributed by atoms with Gasteiger partial charge in [0.1, 0.15) is 0 Å². The molecule has 7 nitrogen and oxygen atoms in total. The molecule has 1 amide bonds. The van der Waals surface area contributed by atoms with E-state index < -0.39 is 0 Å². The third-order valence-corrected chi connectivity index (χ3v) is 5.51. The van der Waals surface area contributed by atoms with Crippen molar-refractivity contribution in [3.63, 3.8) is 0 Å². The molecular formula is C19H26N6O. The number of piperazine rings is 1. The van der Waals surface area contributed by atoms with E-state index in [2.05, 4.69) is 27.8 Å². The molecular weight excluding hydrogens is 328 g/mol. The van der Waals surface area contributed by atoms with Crippen LogP contribution >= 0.6 is 0 Å². The van der Waals surface area contributed by atoms with Crippen molar-refractivity contribution >= 4 is 5.91 Å². The van der Waals surface area contributed by atoms with Crippen LogP contribution in [0.3, 0.4) is 0 Å². The highest BCUT2D eigenvalue weighted by Gasteiger charge is 2.28. The minimum absolute atomic E-state index is 0.0359. The number of nitrogens with two attached hydrogens (primary N) is 1. The normalized spacial score (nSPS) is 26.7. The zero-order valence-electron chi connectivity index (χ0n) is 14.9. The smallest absolute Gasteiger partial charge is 0.276 e. The zero-order valence-corrected chi connectivity index (χ0v) is 14.9. The van der Waals surface area contributed by atoms with Crippen molar-refractivity contribution in [3.05, 3.63) is 47.8 Å². The van der Waals surface area contributed by atoms with Gasteiger partial charge in [0.2, 0.25) is 0 Å². The molecule has 0 bridgehead atoms. The second-order valence-corrected chi connectivity index (χ2v) is 7.32. The van der Waals surface area contributed by atoms with Crippen LogP contribution in [-0.4, -0.2) is 51.5 Å². The van der Waals surface area contributed by atoms with Crippen LogP contribution in [0.2, 0.25) is 0 Å². The van der Waals surface area contributed by atoms with E-state index in [0.29, 0.717) is 30.9 Å². The van der Waals surface area contributed by atoms with Gasteiger partial charge in [0.05, 0.1) is 12.2 Å². The van der Waals surface area contributed by atoms with Crippen molar-refractivity contribution in [3.8, 4) is 0 Å². The Balaban J connectivity index is 1.42. The SMILES string of the molecule is NC1CCC(n2cc(C(=O)N3CCN[C@@H](c4ccccc4)C3)nn2)CC1. The lowest BCUT2D eigenvalue weighted by Crippen LogP contribution is -2.48. The number of rotatable bonds is 3. The van der Waals surface area contributed by atoms with Crippen LogP contribution in [0.15, 0.2) is 36.5 Å². The summed E-state index contributed by atoms with van der Waals surface area (Å²) in [7, 11) is 0. The Morgan fingerprint density at radius 1 is 1.15 bits per heavy atom. The van der Waals surface area contributed by atoms with Crippen molar-refractivity contribution in [2.75, 3.05) is 19.6 Å². The molecule has 0 spiro atoms. The van der Waals surface area contributed by atoms with E-state index in [1.54, 1.807) is 0 Å². The second kappa shape index (κ2) is 7.55. The summed E-state index contributed by atoms with van der Waals surface area (Å²) in [4.78, 5) is 14.8. The monoisotopic (exact) mass is 354 g/mol. The van der Waals surface area contributed by atoms with Gasteiger partial charge in [0.25, 0.3) is 5.91 Å². The lowest BCUT2D eigenvalue weighted by Gasteiger charge is -2.33. The predicted octanol–water partition coefficient (Wildman–Crippen LogP) is 1.51. The third-order valence-electron chi connectivity index (χ3n) is 5.51. The van der Waals surface area contributed by atoms with E-state index in [-0.39, 0.29) is 11.9 Å². The minimum atomic E-state index is -0.0359. The molecule has 0 radical (unpaired) electrons. The molecule has 1 aliphatic heterocycles. The highest BCUT2D eigenvalue weighted by Crippen LogP contribution is 2.27. The number of carbonyl (C=O) groups is 1. The van der Waals surface area contributed by atoms with Gasteiger partial charge in [-0.05, 0) is 31.2 Å². The van der Waals surface area contributed by atoms with Crippen molar-refractivity contribution in [1.82, 2.24) is 25.2 Å². The van der Waals surface area contributed by atoms with Gasteiger partial charge in [-0.15, -0.1) is 5.10 Å². The molecule has 7 heteroatoms. The van der Waals surface area contributed by atoms with Crippen molar-refractivity contribution < 1.29 is 4.79 Å². The summed E-state index contributed by atoms with van der Waals surface area (Å²) >= 11 is 0. The van der Waals surface area contributed by atoms with Gasteiger partial charge in [-0.2, -0.15) is 0 Å². The van der Waals surface area contributed by atoms with Gasteiger partial charge in [-0.3, -0.25) is 4.79 Å². The fourth-order valence-corrected chi connectivity index (χ4v) is 3.92. The highest BCUT2D eigenvalue weighted by molar-refractivity contribution is 5.92. The molecule has 2 heterocycles. The average molecular weight is 354 g/mol. The average Bonchev–Trinajstić information content (AvgIpc) is 3.19. The van der Waals surface area contributed by atoms with Crippen LogP contribution in [0.5, 0.6) is 0 Å². The van der Waals surface area contributed by atoms with E-state index in [0.717, 1.165) is 32.2 Å². The molecule has 1 aliphatic carbocycles. The van der Waals surface area contributed by atoms with Crippen LogP contribution in [0.25, 0.3) is 0 Å². The first-order chi connectivity index (χ1) is 12.7. The standard InChI is InChI=1S/C19H26N6O/c20-15-6-8-16(9-7-15)25-13-18(22-23-25)19(26)24-11-10-21-17(12-24)14-4-2-1-3-5-14/h1-5,13,15-17,21H,6-12,20H2/t15?,16?,17-/m1/s1. The lowest BCUT2D eigenvalue weighted by molar-refractivity contribution is 0.0697. The molecule has 1 saturated carbocycles. The largest absolute Gasteiger partial charge is 0.334 e. The van der Waals surface area contributed by atoms with Gasteiger partial charge in [-0.25, -0.2) is 4.68 Å². The summed E-state index contributed by atoms with van der Waals surface area (Å²) in [5.74, 6) is -0.0359. The molecule has 1 atom stereocenters. The summed E-state index contributed by atoms with van der Waals surface area (Å²) in [5.41, 5.74) is 7.61. The fraction of sp³-hybridized carbons (Fsp3) is 0.526. The van der Waals surface area contributed by atoms with Crippen molar-refractivity contribution in [2.24, 2.45) is 5.73 Å². The van der Waals surface area contributed by atoms with Gasteiger partial charge in [0, 0.05) is 31.7 Å². The van der Waals surface area contributed by atoms with Crippen molar-refractivity contribution in [1.29, 1.82) is 0 Å². The topological polar surface area (TPSA) is 89.1 Å². The Morgan fingerprint density at radius 3 is 2.69 bits per heavy atom. The number of aromatic nitrogens is 3. The van der Waals surface area contributed by atoms with Gasteiger partial charge in [0.15, 0.2) is 5.69 Å². The Bertz CT molecular complexity index is 737. The molecule has 2 aliphatic rings. The number of carbonyl (C=O) groups excluding carboxylic acids is 1. The molecule has 2 aromatic rings. The molecule has 3 N–H and O–H groups in total. The maximum absolute atomic E-state index is 12.9. The first kappa shape index (κ1) is 17.2. The summed E-state index contributed by atoms with van der Waals surface area (Å²) in [6.45, 7) is 2.11. The predicted molar refractivity (Wildman–Crippen MR) is 98.6 cm³/mol. The zero-order chi connectivity index (χ0) is 17.9. The van der Waals surface area contributed by atoms with Crippen LogP contribution < -0.4 is 11.1 Å². The Kier molecular flexibility index (Phi) is 4.99. The minimum Gasteiger partial charge on any atom is -0.334 e. The van der Waals surface area contributed by atoms with E-state index in [1.165, 1.54) is 5.56 Å². The molecule has 0 unspecified atom stereocenters. The summed E-state index contributed by atoms with van der Waals surface area (Å²) in [6, 6.07) is 11.0. The number of nitrogens with one attached hydrogen (secondary N) is 1. The van der Waals surface area contributed by atoms with Crippen LogP contribution in [0, 0.1) is 0 Å². The number of amides is 1.